The van der Waals surface area contributed by atoms with E-state index in [1.165, 1.54) is 28.3 Å². The SMILES string of the molecule is COc1cc(C(C(C)=O)C2C(=O)OCC2Cc2ccc3c(c2OC)OCO3)cc(OC)c1OC. The van der Waals surface area contributed by atoms with E-state index in [0.717, 1.165) is 5.56 Å². The maximum absolute atomic E-state index is 12.9. The fraction of sp³-hybridized carbons (Fsp3) is 0.440. The Bertz CT molecular complexity index is 1070. The number of carbonyl (C=O) groups is 2. The molecule has 2 aromatic carbocycles. The summed E-state index contributed by atoms with van der Waals surface area (Å²) in [5.41, 5.74) is 1.43. The summed E-state index contributed by atoms with van der Waals surface area (Å²) in [6.07, 6.45) is 0.449. The molecule has 182 valence electrons. The lowest BCUT2D eigenvalue weighted by molar-refractivity contribution is -0.143. The van der Waals surface area contributed by atoms with Crippen molar-refractivity contribution in [1.82, 2.24) is 0 Å². The van der Waals surface area contributed by atoms with Crippen LogP contribution in [0.1, 0.15) is 24.0 Å². The van der Waals surface area contributed by atoms with Crippen LogP contribution in [0.5, 0.6) is 34.5 Å². The van der Waals surface area contributed by atoms with Crippen molar-refractivity contribution in [2.75, 3.05) is 41.8 Å². The maximum atomic E-state index is 12.9. The van der Waals surface area contributed by atoms with E-state index in [-0.39, 0.29) is 25.1 Å². The molecule has 0 amide bonds. The lowest BCUT2D eigenvalue weighted by atomic mass is 9.75. The van der Waals surface area contributed by atoms with Crippen LogP contribution in [-0.2, 0) is 20.7 Å². The molecule has 2 aliphatic heterocycles. The van der Waals surface area contributed by atoms with Crippen molar-refractivity contribution in [3.63, 3.8) is 0 Å². The van der Waals surface area contributed by atoms with E-state index in [2.05, 4.69) is 0 Å². The minimum absolute atomic E-state index is 0.121. The topological polar surface area (TPSA) is 98.8 Å². The minimum Gasteiger partial charge on any atom is -0.493 e. The number of esters is 1. The van der Waals surface area contributed by atoms with E-state index in [4.69, 9.17) is 33.2 Å². The summed E-state index contributed by atoms with van der Waals surface area (Å²) < 4.78 is 38.4. The van der Waals surface area contributed by atoms with Crippen molar-refractivity contribution in [1.29, 1.82) is 0 Å². The summed E-state index contributed by atoms with van der Waals surface area (Å²) in [6.45, 7) is 1.78. The predicted octanol–water partition coefficient (Wildman–Crippen LogP) is 3.15. The third-order valence-electron chi connectivity index (χ3n) is 6.32. The van der Waals surface area contributed by atoms with Crippen molar-refractivity contribution in [2.24, 2.45) is 11.8 Å². The molecule has 0 aromatic heterocycles. The number of cyclic esters (lactones) is 1. The van der Waals surface area contributed by atoms with Crippen molar-refractivity contribution < 1.29 is 42.7 Å². The second-order valence-electron chi connectivity index (χ2n) is 8.16. The van der Waals surface area contributed by atoms with Gasteiger partial charge in [0.25, 0.3) is 0 Å². The first-order valence-electron chi connectivity index (χ1n) is 10.9. The van der Waals surface area contributed by atoms with Crippen LogP contribution in [-0.4, -0.2) is 53.6 Å². The van der Waals surface area contributed by atoms with Gasteiger partial charge in [-0.3, -0.25) is 9.59 Å². The van der Waals surface area contributed by atoms with Crippen molar-refractivity contribution in [2.45, 2.75) is 19.3 Å². The fourth-order valence-corrected chi connectivity index (χ4v) is 4.81. The molecule has 0 saturated carbocycles. The van der Waals surface area contributed by atoms with E-state index in [0.29, 0.717) is 46.5 Å². The van der Waals surface area contributed by atoms with Crippen LogP contribution < -0.4 is 28.4 Å². The highest BCUT2D eigenvalue weighted by atomic mass is 16.7. The maximum Gasteiger partial charge on any atom is 0.310 e. The molecule has 4 rings (SSSR count). The van der Waals surface area contributed by atoms with Gasteiger partial charge in [0.2, 0.25) is 18.3 Å². The number of carbonyl (C=O) groups excluding carboxylic acids is 2. The van der Waals surface area contributed by atoms with Gasteiger partial charge in [-0.15, -0.1) is 0 Å². The summed E-state index contributed by atoms with van der Waals surface area (Å²) in [4.78, 5) is 25.9. The zero-order valence-electron chi connectivity index (χ0n) is 19.8. The number of rotatable bonds is 9. The highest BCUT2D eigenvalue weighted by molar-refractivity contribution is 5.91. The zero-order valence-corrected chi connectivity index (χ0v) is 19.8. The summed E-state index contributed by atoms with van der Waals surface area (Å²) in [5.74, 6) is 0.613. The van der Waals surface area contributed by atoms with E-state index in [9.17, 15) is 9.59 Å². The Labute approximate surface area is 197 Å². The van der Waals surface area contributed by atoms with Gasteiger partial charge in [-0.2, -0.15) is 0 Å². The molecule has 0 radical (unpaired) electrons. The van der Waals surface area contributed by atoms with Crippen LogP contribution in [0, 0.1) is 11.8 Å². The van der Waals surface area contributed by atoms with Crippen molar-refractivity contribution in [3.05, 3.63) is 35.4 Å². The molecule has 2 aromatic rings. The molecular formula is C25H28O9. The number of Topliss-reactive ketones (excluding diaryl/α,β-unsaturated/α-hetero) is 1. The van der Waals surface area contributed by atoms with Crippen LogP contribution in [0.4, 0.5) is 0 Å². The Hall–Kier alpha value is -3.62. The van der Waals surface area contributed by atoms with Gasteiger partial charge in [-0.05, 0) is 42.7 Å². The summed E-state index contributed by atoms with van der Waals surface area (Å²) in [6, 6.07) is 7.11. The second kappa shape index (κ2) is 9.70. The molecule has 34 heavy (non-hydrogen) atoms. The summed E-state index contributed by atoms with van der Waals surface area (Å²) >= 11 is 0. The van der Waals surface area contributed by atoms with Crippen LogP contribution >= 0.6 is 0 Å². The van der Waals surface area contributed by atoms with Crippen molar-refractivity contribution >= 4 is 11.8 Å². The largest absolute Gasteiger partial charge is 0.493 e. The first-order valence-corrected chi connectivity index (χ1v) is 10.9. The lowest BCUT2D eigenvalue weighted by Crippen LogP contribution is -2.30. The predicted molar refractivity (Wildman–Crippen MR) is 120 cm³/mol. The normalized spacial score (nSPS) is 19.4. The molecule has 9 heteroatoms. The highest BCUT2D eigenvalue weighted by Crippen LogP contribution is 2.47. The van der Waals surface area contributed by atoms with Crippen LogP contribution in [0.25, 0.3) is 0 Å². The van der Waals surface area contributed by atoms with Gasteiger partial charge in [0.15, 0.2) is 23.0 Å². The molecule has 3 atom stereocenters. The van der Waals surface area contributed by atoms with Gasteiger partial charge in [0.05, 0.1) is 46.9 Å². The third-order valence-corrected chi connectivity index (χ3v) is 6.32. The van der Waals surface area contributed by atoms with E-state index in [1.807, 2.05) is 12.1 Å². The second-order valence-corrected chi connectivity index (χ2v) is 8.16. The zero-order chi connectivity index (χ0) is 24.4. The molecule has 3 unspecified atom stereocenters. The molecule has 1 saturated heterocycles. The molecule has 0 N–H and O–H groups in total. The minimum atomic E-state index is -0.756. The highest BCUT2D eigenvalue weighted by Gasteiger charge is 2.45. The Kier molecular flexibility index (Phi) is 6.72. The molecule has 9 nitrogen and oxygen atoms in total. The Morgan fingerprint density at radius 1 is 0.971 bits per heavy atom. The van der Waals surface area contributed by atoms with Crippen LogP contribution in [0.3, 0.4) is 0 Å². The smallest absolute Gasteiger partial charge is 0.310 e. The average molecular weight is 472 g/mol. The number of hydrogen-bond acceptors (Lipinski definition) is 9. The van der Waals surface area contributed by atoms with Crippen LogP contribution in [0.2, 0.25) is 0 Å². The van der Waals surface area contributed by atoms with Gasteiger partial charge in [-0.1, -0.05) is 6.07 Å². The van der Waals surface area contributed by atoms with Gasteiger partial charge >= 0.3 is 5.97 Å². The van der Waals surface area contributed by atoms with E-state index in [1.54, 1.807) is 19.2 Å². The molecule has 1 fully saturated rings. The molecule has 0 bridgehead atoms. The van der Waals surface area contributed by atoms with Crippen molar-refractivity contribution in [3.8, 4) is 34.5 Å². The fourth-order valence-electron chi connectivity index (χ4n) is 4.81. The molecule has 0 spiro atoms. The number of hydrogen-bond donors (Lipinski definition) is 0. The van der Waals surface area contributed by atoms with Gasteiger partial charge in [-0.25, -0.2) is 0 Å². The lowest BCUT2D eigenvalue weighted by Gasteiger charge is -2.25. The quantitative estimate of drug-likeness (QED) is 0.510. The Balaban J connectivity index is 1.72. The summed E-state index contributed by atoms with van der Waals surface area (Å²) in [5, 5.41) is 0. The van der Waals surface area contributed by atoms with E-state index >= 15 is 0 Å². The molecule has 2 heterocycles. The number of ether oxygens (including phenoxy) is 7. The first-order chi connectivity index (χ1) is 16.4. The van der Waals surface area contributed by atoms with Gasteiger partial charge in [0.1, 0.15) is 5.78 Å². The van der Waals surface area contributed by atoms with Gasteiger partial charge < -0.3 is 33.2 Å². The Morgan fingerprint density at radius 2 is 1.65 bits per heavy atom. The first kappa shape index (κ1) is 23.5. The number of ketones is 1. The Morgan fingerprint density at radius 3 is 2.24 bits per heavy atom. The standard InChI is InChI=1S/C25H28O9/c1-13(26)20(15-9-18(28-2)23(31-5)19(10-15)29-3)21-16(11-32-25(21)27)8-14-6-7-17-24(22(14)30-4)34-12-33-17/h6-7,9-10,16,20-21H,8,11-12H2,1-5H3. The monoisotopic (exact) mass is 472 g/mol. The number of fused-ring (bicyclic) bond motifs is 1. The molecule has 2 aliphatic rings. The summed E-state index contributed by atoms with van der Waals surface area (Å²) in [7, 11) is 6.07. The average Bonchev–Trinajstić information content (AvgIpc) is 3.45. The number of methoxy groups -OCH3 is 4. The van der Waals surface area contributed by atoms with Crippen LogP contribution in [0.15, 0.2) is 24.3 Å². The van der Waals surface area contributed by atoms with E-state index < -0.39 is 17.8 Å². The molecule has 0 aliphatic carbocycles. The van der Waals surface area contributed by atoms with Gasteiger partial charge in [0, 0.05) is 5.92 Å². The third kappa shape index (κ3) is 4.06. The molecular weight excluding hydrogens is 444 g/mol. The number of benzene rings is 2.